The second kappa shape index (κ2) is 7.87. The van der Waals surface area contributed by atoms with Gasteiger partial charge in [0.2, 0.25) is 11.8 Å². The van der Waals surface area contributed by atoms with E-state index in [9.17, 15) is 9.59 Å². The standard InChI is InChI=1S/C17H22N6O2/c1-2-15(14-6-4-3-5-7-14)17(25)22-10-8-21(9-11-22)16(24)12-23-13-18-19-20-23/h3-7,13,15H,2,8-12H2,1H3. The van der Waals surface area contributed by atoms with Crippen LogP contribution in [0.4, 0.5) is 0 Å². The van der Waals surface area contributed by atoms with Crippen LogP contribution in [-0.2, 0) is 16.1 Å². The molecule has 2 aromatic rings. The van der Waals surface area contributed by atoms with Crippen LogP contribution in [0.5, 0.6) is 0 Å². The van der Waals surface area contributed by atoms with E-state index >= 15 is 0 Å². The first-order valence-corrected chi connectivity index (χ1v) is 8.51. The highest BCUT2D eigenvalue weighted by atomic mass is 16.2. The van der Waals surface area contributed by atoms with Gasteiger partial charge in [0.15, 0.2) is 0 Å². The molecule has 1 unspecified atom stereocenters. The molecule has 1 aliphatic rings. The first-order valence-electron chi connectivity index (χ1n) is 8.51. The highest BCUT2D eigenvalue weighted by Crippen LogP contribution is 2.22. The molecule has 8 heteroatoms. The SMILES string of the molecule is CCC(C(=O)N1CCN(C(=O)Cn2cnnn2)CC1)c1ccccc1. The highest BCUT2D eigenvalue weighted by Gasteiger charge is 2.28. The number of hydrogen-bond donors (Lipinski definition) is 0. The Morgan fingerprint density at radius 2 is 1.76 bits per heavy atom. The molecule has 0 bridgehead atoms. The number of rotatable bonds is 5. The van der Waals surface area contributed by atoms with Crippen LogP contribution in [0.2, 0.25) is 0 Å². The van der Waals surface area contributed by atoms with Crippen LogP contribution in [0.3, 0.4) is 0 Å². The normalized spacial score (nSPS) is 15.9. The molecule has 1 aromatic carbocycles. The number of aromatic nitrogens is 4. The van der Waals surface area contributed by atoms with E-state index < -0.39 is 0 Å². The minimum atomic E-state index is -0.121. The van der Waals surface area contributed by atoms with Crippen LogP contribution in [0.15, 0.2) is 36.7 Å². The van der Waals surface area contributed by atoms with Crippen molar-refractivity contribution in [3.63, 3.8) is 0 Å². The van der Waals surface area contributed by atoms with Gasteiger partial charge in [0, 0.05) is 26.2 Å². The topological polar surface area (TPSA) is 84.2 Å². The molecule has 25 heavy (non-hydrogen) atoms. The van der Waals surface area contributed by atoms with Crippen molar-refractivity contribution < 1.29 is 9.59 Å². The molecule has 1 atom stereocenters. The summed E-state index contributed by atoms with van der Waals surface area (Å²) in [6, 6.07) is 9.87. The van der Waals surface area contributed by atoms with Gasteiger partial charge in [-0.05, 0) is 22.4 Å². The number of benzene rings is 1. The Labute approximate surface area is 146 Å². The lowest BCUT2D eigenvalue weighted by molar-refractivity contribution is -0.141. The van der Waals surface area contributed by atoms with Gasteiger partial charge in [-0.1, -0.05) is 37.3 Å². The third-order valence-corrected chi connectivity index (χ3v) is 4.54. The predicted octanol–water partition coefficient (Wildman–Crippen LogP) is 0.538. The van der Waals surface area contributed by atoms with Crippen molar-refractivity contribution in [1.82, 2.24) is 30.0 Å². The number of amides is 2. The summed E-state index contributed by atoms with van der Waals surface area (Å²) >= 11 is 0. The smallest absolute Gasteiger partial charge is 0.244 e. The zero-order valence-corrected chi connectivity index (χ0v) is 14.3. The molecule has 0 spiro atoms. The fourth-order valence-electron chi connectivity index (χ4n) is 3.13. The Morgan fingerprint density at radius 3 is 2.36 bits per heavy atom. The van der Waals surface area contributed by atoms with Crippen molar-refractivity contribution >= 4 is 11.8 Å². The number of tetrazole rings is 1. The summed E-state index contributed by atoms with van der Waals surface area (Å²) in [7, 11) is 0. The zero-order chi connectivity index (χ0) is 17.6. The molecule has 0 N–H and O–H groups in total. The Morgan fingerprint density at radius 1 is 1.08 bits per heavy atom. The maximum atomic E-state index is 12.9. The Balaban J connectivity index is 1.56. The van der Waals surface area contributed by atoms with Crippen LogP contribution < -0.4 is 0 Å². The summed E-state index contributed by atoms with van der Waals surface area (Å²) < 4.78 is 1.41. The van der Waals surface area contributed by atoms with Crippen LogP contribution >= 0.6 is 0 Å². The summed E-state index contributed by atoms with van der Waals surface area (Å²) in [6.45, 7) is 4.35. The monoisotopic (exact) mass is 342 g/mol. The average molecular weight is 342 g/mol. The number of carbonyl (C=O) groups is 2. The highest BCUT2D eigenvalue weighted by molar-refractivity contribution is 5.84. The van der Waals surface area contributed by atoms with Gasteiger partial charge < -0.3 is 9.80 Å². The molecule has 0 aliphatic carbocycles. The van der Waals surface area contributed by atoms with Crippen LogP contribution in [0, 0.1) is 0 Å². The lowest BCUT2D eigenvalue weighted by Crippen LogP contribution is -2.52. The van der Waals surface area contributed by atoms with Gasteiger partial charge in [0.25, 0.3) is 0 Å². The molecular formula is C17H22N6O2. The van der Waals surface area contributed by atoms with Gasteiger partial charge in [0.1, 0.15) is 12.9 Å². The molecule has 1 aliphatic heterocycles. The summed E-state index contributed by atoms with van der Waals surface area (Å²) in [6.07, 6.45) is 2.19. The molecule has 1 saturated heterocycles. The lowest BCUT2D eigenvalue weighted by Gasteiger charge is -2.36. The van der Waals surface area contributed by atoms with Crippen molar-refractivity contribution in [3.05, 3.63) is 42.2 Å². The summed E-state index contributed by atoms with van der Waals surface area (Å²) in [4.78, 5) is 28.7. The van der Waals surface area contributed by atoms with E-state index in [0.717, 1.165) is 12.0 Å². The summed E-state index contributed by atoms with van der Waals surface area (Å²) in [5.41, 5.74) is 1.05. The van der Waals surface area contributed by atoms with Crippen molar-refractivity contribution in [1.29, 1.82) is 0 Å². The molecule has 8 nitrogen and oxygen atoms in total. The number of piperazine rings is 1. The van der Waals surface area contributed by atoms with Crippen molar-refractivity contribution in [2.75, 3.05) is 26.2 Å². The third kappa shape index (κ3) is 4.01. The van der Waals surface area contributed by atoms with Gasteiger partial charge in [-0.2, -0.15) is 0 Å². The fourth-order valence-corrected chi connectivity index (χ4v) is 3.13. The zero-order valence-electron chi connectivity index (χ0n) is 14.3. The predicted molar refractivity (Wildman–Crippen MR) is 90.5 cm³/mol. The van der Waals surface area contributed by atoms with Gasteiger partial charge in [0.05, 0.1) is 5.92 Å². The van der Waals surface area contributed by atoms with E-state index in [4.69, 9.17) is 0 Å². The first kappa shape index (κ1) is 17.1. The Bertz CT molecular complexity index is 695. The van der Waals surface area contributed by atoms with E-state index in [1.54, 1.807) is 4.90 Å². The minimum absolute atomic E-state index is 0.0329. The van der Waals surface area contributed by atoms with E-state index in [2.05, 4.69) is 15.5 Å². The van der Waals surface area contributed by atoms with Gasteiger partial charge in [-0.15, -0.1) is 5.10 Å². The number of hydrogen-bond acceptors (Lipinski definition) is 5. The molecule has 132 valence electrons. The Kier molecular flexibility index (Phi) is 5.37. The second-order valence-corrected chi connectivity index (χ2v) is 6.08. The van der Waals surface area contributed by atoms with Gasteiger partial charge >= 0.3 is 0 Å². The third-order valence-electron chi connectivity index (χ3n) is 4.54. The van der Waals surface area contributed by atoms with Crippen molar-refractivity contribution in [2.45, 2.75) is 25.8 Å². The van der Waals surface area contributed by atoms with E-state index in [1.807, 2.05) is 42.2 Å². The van der Waals surface area contributed by atoms with Crippen LogP contribution in [0.25, 0.3) is 0 Å². The van der Waals surface area contributed by atoms with Crippen LogP contribution in [-0.4, -0.2) is 68.0 Å². The molecule has 0 radical (unpaired) electrons. The van der Waals surface area contributed by atoms with E-state index in [0.29, 0.717) is 26.2 Å². The quantitative estimate of drug-likeness (QED) is 0.792. The number of carbonyl (C=O) groups excluding carboxylic acids is 2. The van der Waals surface area contributed by atoms with E-state index in [1.165, 1.54) is 11.0 Å². The molecule has 0 saturated carbocycles. The fraction of sp³-hybridized carbons (Fsp3) is 0.471. The van der Waals surface area contributed by atoms with Crippen molar-refractivity contribution in [2.24, 2.45) is 0 Å². The number of nitrogens with zero attached hydrogens (tertiary/aromatic N) is 6. The molecular weight excluding hydrogens is 320 g/mol. The van der Waals surface area contributed by atoms with Crippen molar-refractivity contribution in [3.8, 4) is 0 Å². The first-order chi connectivity index (χ1) is 12.2. The minimum Gasteiger partial charge on any atom is -0.339 e. The lowest BCUT2D eigenvalue weighted by atomic mass is 9.95. The van der Waals surface area contributed by atoms with E-state index in [-0.39, 0.29) is 24.3 Å². The molecule has 2 heterocycles. The van der Waals surface area contributed by atoms with Gasteiger partial charge in [-0.3, -0.25) is 9.59 Å². The molecule has 3 rings (SSSR count). The Hall–Kier alpha value is -2.77. The summed E-state index contributed by atoms with van der Waals surface area (Å²) in [5, 5.41) is 10.7. The van der Waals surface area contributed by atoms with Gasteiger partial charge in [-0.25, -0.2) is 4.68 Å². The second-order valence-electron chi connectivity index (χ2n) is 6.08. The summed E-state index contributed by atoms with van der Waals surface area (Å²) in [5.74, 6) is -0.0135. The molecule has 1 fully saturated rings. The molecule has 1 aromatic heterocycles. The largest absolute Gasteiger partial charge is 0.339 e. The van der Waals surface area contributed by atoms with Crippen LogP contribution in [0.1, 0.15) is 24.8 Å². The maximum absolute atomic E-state index is 12.9. The molecule has 2 amide bonds. The average Bonchev–Trinajstić information content (AvgIpc) is 3.16. The maximum Gasteiger partial charge on any atom is 0.244 e.